The van der Waals surface area contributed by atoms with Crippen LogP contribution in [0.15, 0.2) is 12.1 Å². The Labute approximate surface area is 154 Å². The van der Waals surface area contributed by atoms with Crippen molar-refractivity contribution in [1.82, 2.24) is 0 Å². The molecule has 1 fully saturated rings. The summed E-state index contributed by atoms with van der Waals surface area (Å²) in [4.78, 5) is 13.5. The van der Waals surface area contributed by atoms with Crippen molar-refractivity contribution in [2.45, 2.75) is 90.6 Å². The maximum absolute atomic E-state index is 13.5. The fraction of sp³-hybridized carbons (Fsp3) is 0.682. The van der Waals surface area contributed by atoms with E-state index in [9.17, 15) is 9.36 Å². The van der Waals surface area contributed by atoms with Gasteiger partial charge in [-0.2, -0.15) is 0 Å². The van der Waals surface area contributed by atoms with Crippen LogP contribution in [0.3, 0.4) is 0 Å². The summed E-state index contributed by atoms with van der Waals surface area (Å²) in [6.07, 6.45) is 10.2. The molecule has 0 amide bonds. The monoisotopic (exact) mass is 361 g/mol. The van der Waals surface area contributed by atoms with Gasteiger partial charge in [-0.3, -0.25) is 9.36 Å². The maximum Gasteiger partial charge on any atom is 0.180 e. The number of ketones is 1. The van der Waals surface area contributed by atoms with Gasteiger partial charge in [0.15, 0.2) is 5.78 Å². The van der Waals surface area contributed by atoms with Gasteiger partial charge in [0.25, 0.3) is 0 Å². The van der Waals surface area contributed by atoms with Gasteiger partial charge in [-0.15, -0.1) is 0 Å². The van der Waals surface area contributed by atoms with Crippen LogP contribution in [0.1, 0.15) is 91.8 Å². The minimum Gasteiger partial charge on any atom is -0.293 e. The van der Waals surface area contributed by atoms with Crippen molar-refractivity contribution < 1.29 is 9.36 Å². The fourth-order valence-corrected chi connectivity index (χ4v) is 6.49. The van der Waals surface area contributed by atoms with Crippen molar-refractivity contribution in [3.05, 3.63) is 34.4 Å². The van der Waals surface area contributed by atoms with Crippen LogP contribution in [0, 0.1) is 20.8 Å². The van der Waals surface area contributed by atoms with E-state index in [1.54, 1.807) is 0 Å². The second kappa shape index (κ2) is 9.08. The van der Waals surface area contributed by atoms with Gasteiger partial charge in [0.1, 0.15) is 5.16 Å². The molecule has 0 bridgehead atoms. The first-order chi connectivity index (χ1) is 11.9. The fourth-order valence-electron chi connectivity index (χ4n) is 4.39. The zero-order valence-corrected chi connectivity index (χ0v) is 17.4. The van der Waals surface area contributed by atoms with Gasteiger partial charge in [0.05, 0.1) is 7.80 Å². The highest BCUT2D eigenvalue weighted by Crippen LogP contribution is 2.53. The summed E-state index contributed by atoms with van der Waals surface area (Å²) in [6.45, 7) is 8.32. The molecule has 0 aliphatic heterocycles. The number of carbonyl (C=O) groups excluding carboxylic acids is 1. The SMILES string of the molecule is CCCCCCC[P](=O)C1(C(=O)c2c(C)cc(C)cc2C)CCCC1. The molecule has 2 nitrogen and oxygen atoms in total. The van der Waals surface area contributed by atoms with E-state index in [0.29, 0.717) is 0 Å². The normalized spacial score (nSPS) is 16.9. The third-order valence-corrected chi connectivity index (χ3v) is 8.03. The van der Waals surface area contributed by atoms with E-state index in [1.165, 1.54) is 24.8 Å². The molecular weight excluding hydrogens is 327 g/mol. The molecule has 1 aromatic rings. The number of hydrogen-bond acceptors (Lipinski definition) is 2. The van der Waals surface area contributed by atoms with Crippen molar-refractivity contribution in [3.63, 3.8) is 0 Å². The van der Waals surface area contributed by atoms with Crippen LogP contribution in [-0.4, -0.2) is 17.1 Å². The second-order valence-electron chi connectivity index (χ2n) is 7.86. The summed E-state index contributed by atoms with van der Waals surface area (Å²) in [7, 11) is -1.48. The van der Waals surface area contributed by atoms with Crippen molar-refractivity contribution >= 4 is 13.6 Å². The lowest BCUT2D eigenvalue weighted by Crippen LogP contribution is -2.33. The minimum absolute atomic E-state index is 0.162. The molecule has 1 saturated carbocycles. The van der Waals surface area contributed by atoms with E-state index in [0.717, 1.165) is 61.4 Å². The van der Waals surface area contributed by atoms with E-state index in [4.69, 9.17) is 0 Å². The maximum atomic E-state index is 13.5. The highest BCUT2D eigenvalue weighted by atomic mass is 31.1. The third-order valence-electron chi connectivity index (χ3n) is 5.70. The molecule has 0 heterocycles. The summed E-state index contributed by atoms with van der Waals surface area (Å²) in [5.74, 6) is 0.162. The van der Waals surface area contributed by atoms with Crippen LogP contribution in [0.5, 0.6) is 0 Å². The number of benzene rings is 1. The smallest absolute Gasteiger partial charge is 0.180 e. The highest BCUT2D eigenvalue weighted by Gasteiger charge is 2.47. The number of aryl methyl sites for hydroxylation is 3. The lowest BCUT2D eigenvalue weighted by molar-refractivity contribution is 0.0939. The van der Waals surface area contributed by atoms with Crippen LogP contribution in [0.4, 0.5) is 0 Å². The van der Waals surface area contributed by atoms with Crippen molar-refractivity contribution in [1.29, 1.82) is 0 Å². The molecule has 0 aromatic heterocycles. The van der Waals surface area contributed by atoms with Gasteiger partial charge in [0, 0.05) is 11.7 Å². The first-order valence-corrected chi connectivity index (χ1v) is 11.4. The molecular formula is C22H34O2P. The van der Waals surface area contributed by atoms with Crippen LogP contribution in [0.2, 0.25) is 0 Å². The summed E-state index contributed by atoms with van der Waals surface area (Å²) < 4.78 is 13.2. The Morgan fingerprint density at radius 2 is 1.56 bits per heavy atom. The highest BCUT2D eigenvalue weighted by molar-refractivity contribution is 7.48. The van der Waals surface area contributed by atoms with Gasteiger partial charge in [-0.05, 0) is 51.2 Å². The lowest BCUT2D eigenvalue weighted by atomic mass is 9.88. The Kier molecular flexibility index (Phi) is 7.37. The number of rotatable bonds is 9. The summed E-state index contributed by atoms with van der Waals surface area (Å²) in [6, 6.07) is 4.17. The van der Waals surface area contributed by atoms with Crippen molar-refractivity contribution in [3.8, 4) is 0 Å². The average Bonchev–Trinajstić information content (AvgIpc) is 3.04. The summed E-state index contributed by atoms with van der Waals surface area (Å²) in [5, 5.41) is -0.592. The van der Waals surface area contributed by atoms with Crippen molar-refractivity contribution in [2.24, 2.45) is 0 Å². The third kappa shape index (κ3) is 4.59. The van der Waals surface area contributed by atoms with Crippen LogP contribution in [-0.2, 0) is 4.57 Å². The Morgan fingerprint density at radius 3 is 2.12 bits per heavy atom. The second-order valence-corrected chi connectivity index (χ2v) is 9.92. The van der Waals surface area contributed by atoms with E-state index in [1.807, 2.05) is 13.8 Å². The summed E-state index contributed by atoms with van der Waals surface area (Å²) in [5.41, 5.74) is 4.11. The summed E-state index contributed by atoms with van der Waals surface area (Å²) >= 11 is 0. The Bertz CT molecular complexity index is 604. The van der Waals surface area contributed by atoms with E-state index < -0.39 is 13.0 Å². The zero-order chi connectivity index (χ0) is 18.4. The van der Waals surface area contributed by atoms with Gasteiger partial charge in [-0.1, -0.05) is 63.1 Å². The minimum atomic E-state index is -1.48. The molecule has 1 aliphatic rings. The van der Waals surface area contributed by atoms with Crippen LogP contribution in [0.25, 0.3) is 0 Å². The molecule has 2 rings (SSSR count). The molecule has 3 heteroatoms. The molecule has 1 aliphatic carbocycles. The lowest BCUT2D eigenvalue weighted by Gasteiger charge is -2.28. The Balaban J connectivity index is 2.19. The predicted octanol–water partition coefficient (Wildman–Crippen LogP) is 6.91. The first kappa shape index (κ1) is 20.3. The van der Waals surface area contributed by atoms with Gasteiger partial charge < -0.3 is 0 Å². The van der Waals surface area contributed by atoms with Gasteiger partial charge >= 0.3 is 0 Å². The van der Waals surface area contributed by atoms with Crippen molar-refractivity contribution in [2.75, 3.05) is 6.16 Å². The van der Waals surface area contributed by atoms with Gasteiger partial charge in [-0.25, -0.2) is 0 Å². The Morgan fingerprint density at radius 1 is 1.00 bits per heavy atom. The number of unbranched alkanes of at least 4 members (excludes halogenated alkanes) is 4. The molecule has 25 heavy (non-hydrogen) atoms. The number of hydrogen-bond donors (Lipinski definition) is 0. The average molecular weight is 361 g/mol. The van der Waals surface area contributed by atoms with Crippen LogP contribution >= 0.6 is 7.80 Å². The topological polar surface area (TPSA) is 34.1 Å². The molecule has 1 aromatic carbocycles. The van der Waals surface area contributed by atoms with E-state index in [2.05, 4.69) is 26.0 Å². The standard InChI is InChI=1S/C22H34O2P/c1-5-6-7-8-11-14-25(24)22(12-9-10-13-22)21(23)20-18(3)15-17(2)16-19(20)4/h15-16H,5-14H2,1-4H3. The molecule has 139 valence electrons. The predicted molar refractivity (Wildman–Crippen MR) is 107 cm³/mol. The van der Waals surface area contributed by atoms with Crippen LogP contribution < -0.4 is 0 Å². The molecule has 1 radical (unpaired) electrons. The molecule has 0 spiro atoms. The molecule has 0 saturated heterocycles. The van der Waals surface area contributed by atoms with E-state index >= 15 is 0 Å². The first-order valence-electron chi connectivity index (χ1n) is 10.00. The van der Waals surface area contributed by atoms with Gasteiger partial charge in [0.2, 0.25) is 0 Å². The Hall–Kier alpha value is -1.01. The zero-order valence-electron chi connectivity index (χ0n) is 16.5. The molecule has 0 N–H and O–H groups in total. The number of carbonyl (C=O) groups is 1. The quantitative estimate of drug-likeness (QED) is 0.272. The van der Waals surface area contributed by atoms with E-state index in [-0.39, 0.29) is 5.78 Å². The number of Topliss-reactive ketones (excluding diaryl/α,β-unsaturated/α-hetero) is 1. The molecule has 1 atom stereocenters. The largest absolute Gasteiger partial charge is 0.293 e. The molecule has 1 unspecified atom stereocenters.